The molecule has 2 rings (SSSR count). The lowest BCUT2D eigenvalue weighted by Gasteiger charge is -2.05. The van der Waals surface area contributed by atoms with Crippen molar-refractivity contribution in [3.05, 3.63) is 11.4 Å². The fraction of sp³-hybridized carbons (Fsp3) is 0.571. The molecule has 92 valence electrons. The van der Waals surface area contributed by atoms with Crippen LogP contribution in [0.4, 0.5) is 0 Å². The fourth-order valence-electron chi connectivity index (χ4n) is 1.27. The van der Waals surface area contributed by atoms with Crippen LogP contribution in [0.15, 0.2) is 5.16 Å². The van der Waals surface area contributed by atoms with Crippen LogP contribution in [0.2, 0.25) is 0 Å². The van der Waals surface area contributed by atoms with Crippen molar-refractivity contribution in [1.29, 1.82) is 0 Å². The van der Waals surface area contributed by atoms with Crippen LogP contribution in [-0.2, 0) is 4.57 Å². The van der Waals surface area contributed by atoms with Crippen molar-refractivity contribution < 1.29 is 9.67 Å². The highest BCUT2D eigenvalue weighted by molar-refractivity contribution is 8.24. The summed E-state index contributed by atoms with van der Waals surface area (Å²) in [6, 6.07) is 0. The third-order valence-corrected chi connectivity index (χ3v) is 3.02. The molecule has 0 amide bonds. The fourth-order valence-corrected chi connectivity index (χ4v) is 2.32. The molecule has 0 aliphatic carbocycles. The SMILES string of the molecule is Cc1nc2n(c1C)C(O)CS2.O=P(Cl)(Cl)Cl. The van der Waals surface area contributed by atoms with E-state index in [1.165, 1.54) is 0 Å². The number of thioether (sulfide) groups is 1. The van der Waals surface area contributed by atoms with Crippen LogP contribution in [0.5, 0.6) is 0 Å². The predicted molar refractivity (Wildman–Crippen MR) is 68.8 cm³/mol. The van der Waals surface area contributed by atoms with Gasteiger partial charge in [0.1, 0.15) is 6.23 Å². The highest BCUT2D eigenvalue weighted by atomic mass is 36.0. The van der Waals surface area contributed by atoms with Crippen LogP contribution >= 0.6 is 50.7 Å². The third kappa shape index (κ3) is 4.13. The van der Waals surface area contributed by atoms with Crippen molar-refractivity contribution in [3.8, 4) is 0 Å². The first-order chi connectivity index (χ1) is 7.20. The van der Waals surface area contributed by atoms with E-state index in [4.69, 9.17) is 0 Å². The second kappa shape index (κ2) is 5.51. The molecule has 1 aliphatic rings. The number of hydrogen-bond donors (Lipinski definition) is 1. The van der Waals surface area contributed by atoms with Gasteiger partial charge < -0.3 is 5.11 Å². The molecule has 16 heavy (non-hydrogen) atoms. The summed E-state index contributed by atoms with van der Waals surface area (Å²) < 4.78 is 11.4. The lowest BCUT2D eigenvalue weighted by Crippen LogP contribution is -2.06. The Morgan fingerprint density at radius 3 is 2.44 bits per heavy atom. The van der Waals surface area contributed by atoms with Gasteiger partial charge in [0, 0.05) is 11.4 Å². The van der Waals surface area contributed by atoms with Gasteiger partial charge in [-0.25, -0.2) is 4.98 Å². The maximum Gasteiger partial charge on any atom is 0.339 e. The van der Waals surface area contributed by atoms with Crippen LogP contribution in [0.3, 0.4) is 0 Å². The minimum atomic E-state index is -3.22. The summed E-state index contributed by atoms with van der Waals surface area (Å²) in [6.07, 6.45) is -0.365. The van der Waals surface area contributed by atoms with E-state index in [9.17, 15) is 9.67 Å². The average Bonchev–Trinajstić information content (AvgIpc) is 2.54. The standard InChI is InChI=1S/C7H10N2OS.Cl3OP/c1-4-5(2)9-6(10)3-11-7(9)8-4;1-5(2,3)4/h6,10H,3H2,1-2H3;. The summed E-state index contributed by atoms with van der Waals surface area (Å²) >= 11 is 15.5. The van der Waals surface area contributed by atoms with E-state index in [1.807, 2.05) is 18.4 Å². The summed E-state index contributed by atoms with van der Waals surface area (Å²) in [5, 5.41) is 7.21. The first kappa shape index (κ1) is 14.7. The molecule has 0 radical (unpaired) electrons. The highest BCUT2D eigenvalue weighted by Gasteiger charge is 2.24. The molecule has 9 heteroatoms. The molecule has 1 atom stereocenters. The largest absolute Gasteiger partial charge is 0.372 e. The van der Waals surface area contributed by atoms with E-state index >= 15 is 0 Å². The van der Waals surface area contributed by atoms with E-state index in [0.717, 1.165) is 22.3 Å². The lowest BCUT2D eigenvalue weighted by atomic mass is 10.4. The molecule has 0 saturated heterocycles. The van der Waals surface area contributed by atoms with Crippen molar-refractivity contribution in [2.75, 3.05) is 5.75 Å². The van der Waals surface area contributed by atoms with Crippen LogP contribution in [0, 0.1) is 13.8 Å². The molecule has 1 aromatic heterocycles. The number of fused-ring (bicyclic) bond motifs is 1. The van der Waals surface area contributed by atoms with Gasteiger partial charge in [0.25, 0.3) is 0 Å². The Morgan fingerprint density at radius 1 is 1.50 bits per heavy atom. The summed E-state index contributed by atoms with van der Waals surface area (Å²) in [4.78, 5) is 4.31. The number of aliphatic hydroxyl groups excluding tert-OH is 1. The number of aryl methyl sites for hydroxylation is 1. The number of hydrogen-bond acceptors (Lipinski definition) is 4. The van der Waals surface area contributed by atoms with E-state index in [-0.39, 0.29) is 6.23 Å². The van der Waals surface area contributed by atoms with Gasteiger partial charge in [-0.2, -0.15) is 0 Å². The van der Waals surface area contributed by atoms with E-state index < -0.39 is 5.20 Å². The smallest absolute Gasteiger partial charge is 0.339 e. The number of halogens is 3. The van der Waals surface area contributed by atoms with Crippen LogP contribution in [0.25, 0.3) is 0 Å². The second-order valence-electron chi connectivity index (χ2n) is 3.13. The van der Waals surface area contributed by atoms with Crippen LogP contribution in [-0.4, -0.2) is 20.4 Å². The van der Waals surface area contributed by atoms with Crippen molar-refractivity contribution in [2.24, 2.45) is 0 Å². The first-order valence-corrected chi connectivity index (χ1v) is 9.66. The minimum absolute atomic E-state index is 0.365. The van der Waals surface area contributed by atoms with E-state index in [1.54, 1.807) is 11.8 Å². The minimum Gasteiger partial charge on any atom is -0.372 e. The number of rotatable bonds is 0. The molecule has 0 aromatic carbocycles. The van der Waals surface area contributed by atoms with Crippen LogP contribution < -0.4 is 0 Å². The Hall–Kier alpha value is 0.620. The number of nitrogens with zero attached hydrogens (tertiary/aromatic N) is 2. The predicted octanol–water partition coefficient (Wildman–Crippen LogP) is 3.91. The van der Waals surface area contributed by atoms with Crippen molar-refractivity contribution in [3.63, 3.8) is 0 Å². The first-order valence-electron chi connectivity index (χ1n) is 4.25. The summed E-state index contributed by atoms with van der Waals surface area (Å²) in [6.45, 7) is 3.95. The van der Waals surface area contributed by atoms with Crippen LogP contribution in [0.1, 0.15) is 17.6 Å². The molecule has 0 saturated carbocycles. The van der Waals surface area contributed by atoms with Gasteiger partial charge in [-0.3, -0.25) is 9.13 Å². The Balaban J connectivity index is 0.000000221. The zero-order valence-electron chi connectivity index (χ0n) is 8.52. The maximum absolute atomic E-state index is 9.51. The van der Waals surface area contributed by atoms with Gasteiger partial charge in [-0.05, 0) is 47.6 Å². The van der Waals surface area contributed by atoms with Gasteiger partial charge in [-0.15, -0.1) is 0 Å². The van der Waals surface area contributed by atoms with Crippen molar-refractivity contribution >= 4 is 50.7 Å². The summed E-state index contributed by atoms with van der Waals surface area (Å²) in [7, 11) is 0. The summed E-state index contributed by atoms with van der Waals surface area (Å²) in [5.41, 5.74) is 2.10. The van der Waals surface area contributed by atoms with Gasteiger partial charge in [0.15, 0.2) is 5.16 Å². The number of aromatic nitrogens is 2. The molecule has 1 aliphatic heterocycles. The molecule has 0 bridgehead atoms. The maximum atomic E-state index is 9.51. The van der Waals surface area contributed by atoms with Gasteiger partial charge in [-0.1, -0.05) is 11.8 Å². The Bertz CT molecular complexity index is 425. The Morgan fingerprint density at radius 2 is 2.00 bits per heavy atom. The van der Waals surface area contributed by atoms with Gasteiger partial charge in [0.05, 0.1) is 5.69 Å². The number of aliphatic hydroxyl groups is 1. The Labute approximate surface area is 112 Å². The molecule has 1 unspecified atom stereocenters. The highest BCUT2D eigenvalue weighted by Crippen LogP contribution is 2.61. The molecule has 1 aromatic rings. The lowest BCUT2D eigenvalue weighted by molar-refractivity contribution is 0.125. The molecule has 2 heterocycles. The molecular formula is C7H10Cl3N2O2PS. The molecular weight excluding hydrogens is 313 g/mol. The topological polar surface area (TPSA) is 55.1 Å². The zero-order valence-corrected chi connectivity index (χ0v) is 12.5. The zero-order chi connectivity index (χ0) is 12.5. The molecule has 4 nitrogen and oxygen atoms in total. The summed E-state index contributed by atoms with van der Waals surface area (Å²) in [5.74, 6) is 0.740. The van der Waals surface area contributed by atoms with E-state index in [0.29, 0.717) is 0 Å². The molecule has 0 fully saturated rings. The van der Waals surface area contributed by atoms with Gasteiger partial charge >= 0.3 is 5.20 Å². The second-order valence-corrected chi connectivity index (χ2v) is 10.8. The Kier molecular flexibility index (Phi) is 5.05. The van der Waals surface area contributed by atoms with Gasteiger partial charge in [0.2, 0.25) is 0 Å². The monoisotopic (exact) mass is 322 g/mol. The quantitative estimate of drug-likeness (QED) is 0.736. The van der Waals surface area contributed by atoms with E-state index in [2.05, 4.69) is 38.7 Å². The van der Waals surface area contributed by atoms with Crippen molar-refractivity contribution in [2.45, 2.75) is 25.2 Å². The molecule has 1 N–H and O–H groups in total. The number of imidazole rings is 1. The normalized spacial score (nSPS) is 19.0. The molecule has 0 spiro atoms. The average molecular weight is 324 g/mol. The van der Waals surface area contributed by atoms with Crippen molar-refractivity contribution in [1.82, 2.24) is 9.55 Å². The third-order valence-electron chi connectivity index (χ3n) is 2.01.